The molecule has 0 saturated carbocycles. The summed E-state index contributed by atoms with van der Waals surface area (Å²) in [5, 5.41) is 63.1. The summed E-state index contributed by atoms with van der Waals surface area (Å²) in [5.41, 5.74) is 18.7. The van der Waals surface area contributed by atoms with E-state index in [1.165, 1.54) is 0 Å². The molecule has 0 aliphatic carbocycles. The molecule has 10 amide bonds. The maximum Gasteiger partial charge on any atom is 0.326 e. The molecule has 10 atom stereocenters. The fraction of sp³-hybridized carbons (Fsp3) is 0.648. The van der Waals surface area contributed by atoms with E-state index in [1.54, 1.807) is 53.8 Å². The van der Waals surface area contributed by atoms with Gasteiger partial charge in [-0.05, 0) is 86.8 Å². The Balaban J connectivity index is 2.32. The SMILES string of the molecule is CC(C)C[C@H](NC(=O)[C@H](CO)NC(=O)[C@@H](NC(=O)[C@H](CCCCN)NC(=O)[C@H](CO)NC(=O)[C@H](CC(C)C)NC(=O)[C@H](CO)NC(=O)[C@H](CCC(N)=O)NC(=O)[C@H](Cc1c[nH]c2ccccc12)NC(=O)[C@@H](N)CC(C)C)C(C)C)C(=O)O. The maximum atomic E-state index is 14.1. The maximum absolute atomic E-state index is 14.1. The van der Waals surface area contributed by atoms with E-state index in [4.69, 9.17) is 17.2 Å². The summed E-state index contributed by atoms with van der Waals surface area (Å²) >= 11 is 0. The van der Waals surface area contributed by atoms with Crippen LogP contribution in [0.2, 0.25) is 0 Å². The molecule has 0 unspecified atom stereocenters. The van der Waals surface area contributed by atoms with Gasteiger partial charge >= 0.3 is 5.97 Å². The number of nitrogens with two attached hydrogens (primary N) is 3. The molecule has 82 heavy (non-hydrogen) atoms. The number of aliphatic hydroxyl groups excluding tert-OH is 3. The van der Waals surface area contributed by atoms with Crippen LogP contribution in [0.5, 0.6) is 0 Å². The van der Waals surface area contributed by atoms with E-state index >= 15 is 0 Å². The van der Waals surface area contributed by atoms with Crippen LogP contribution in [0.3, 0.4) is 0 Å². The van der Waals surface area contributed by atoms with Gasteiger partial charge in [0.25, 0.3) is 0 Å². The number of carboxylic acid groups (broad SMARTS) is 1. The largest absolute Gasteiger partial charge is 0.480 e. The van der Waals surface area contributed by atoms with Crippen molar-refractivity contribution in [1.82, 2.24) is 52.8 Å². The Morgan fingerprint density at radius 1 is 0.500 bits per heavy atom. The molecule has 28 nitrogen and oxygen atoms in total. The molecule has 0 saturated heterocycles. The van der Waals surface area contributed by atoms with Crippen molar-refractivity contribution >= 4 is 75.9 Å². The molecule has 1 aromatic carbocycles. The monoisotopic (exact) mass is 1160 g/mol. The summed E-state index contributed by atoms with van der Waals surface area (Å²) in [5.74, 6) is -11.8. The Morgan fingerprint density at radius 2 is 0.915 bits per heavy atom. The summed E-state index contributed by atoms with van der Waals surface area (Å²) in [6, 6.07) is -7.38. The number of aromatic amines is 1. The number of nitrogens with one attached hydrogen (secondary N) is 10. The Bertz CT molecular complexity index is 2470. The van der Waals surface area contributed by atoms with Crippen molar-refractivity contribution in [1.29, 1.82) is 0 Å². The van der Waals surface area contributed by atoms with Gasteiger partial charge in [-0.25, -0.2) is 4.79 Å². The number of hydrogen-bond donors (Lipinski definition) is 17. The summed E-state index contributed by atoms with van der Waals surface area (Å²) in [6.45, 7) is 10.9. The third kappa shape index (κ3) is 24.1. The van der Waals surface area contributed by atoms with Crippen molar-refractivity contribution in [2.45, 2.75) is 174 Å². The first kappa shape index (κ1) is 70.8. The molecule has 2 rings (SSSR count). The van der Waals surface area contributed by atoms with Gasteiger partial charge in [-0.3, -0.25) is 47.9 Å². The van der Waals surface area contributed by atoms with Gasteiger partial charge < -0.3 is 90.5 Å². The number of carboxylic acids is 1. The Labute approximate surface area is 477 Å². The van der Waals surface area contributed by atoms with Gasteiger partial charge in [-0.1, -0.05) is 73.6 Å². The van der Waals surface area contributed by atoms with E-state index in [2.05, 4.69) is 52.8 Å². The van der Waals surface area contributed by atoms with Gasteiger partial charge in [0.05, 0.1) is 25.9 Å². The minimum absolute atomic E-state index is 0.0322. The average molecular weight is 1160 g/mol. The van der Waals surface area contributed by atoms with Gasteiger partial charge in [0.1, 0.15) is 54.4 Å². The number of benzene rings is 1. The summed E-state index contributed by atoms with van der Waals surface area (Å²) in [4.78, 5) is 150. The van der Waals surface area contributed by atoms with E-state index in [0.717, 1.165) is 10.9 Å². The van der Waals surface area contributed by atoms with Crippen LogP contribution >= 0.6 is 0 Å². The zero-order valence-electron chi connectivity index (χ0n) is 48.2. The van der Waals surface area contributed by atoms with Gasteiger partial charge in [0, 0.05) is 29.9 Å². The van der Waals surface area contributed by atoms with Crippen LogP contribution in [0.15, 0.2) is 30.5 Å². The number of aliphatic carboxylic acids is 1. The topological polar surface area (TPSA) is 471 Å². The average Bonchev–Trinajstić information content (AvgIpc) is 3.96. The minimum Gasteiger partial charge on any atom is -0.480 e. The van der Waals surface area contributed by atoms with Crippen LogP contribution in [0.4, 0.5) is 0 Å². The predicted octanol–water partition coefficient (Wildman–Crippen LogP) is -3.35. The molecule has 0 spiro atoms. The van der Waals surface area contributed by atoms with Crippen molar-refractivity contribution in [3.63, 3.8) is 0 Å². The molecule has 0 aliphatic heterocycles. The number of primary amides is 1. The van der Waals surface area contributed by atoms with Crippen LogP contribution in [-0.4, -0.2) is 177 Å². The molecule has 2 aromatic rings. The Hall–Kier alpha value is -7.27. The van der Waals surface area contributed by atoms with Crippen LogP contribution < -0.4 is 65.1 Å². The molecular weight excluding hydrogens is 1070 g/mol. The second-order valence-corrected chi connectivity index (χ2v) is 22.0. The zero-order chi connectivity index (χ0) is 62.0. The summed E-state index contributed by atoms with van der Waals surface area (Å²) in [7, 11) is 0. The number of carbonyl (C=O) groups is 11. The number of H-pyrrole nitrogens is 1. The lowest BCUT2D eigenvalue weighted by molar-refractivity contribution is -0.143. The second kappa shape index (κ2) is 35.6. The quantitative estimate of drug-likeness (QED) is 0.0292. The molecule has 0 bridgehead atoms. The first-order chi connectivity index (χ1) is 38.6. The molecule has 1 heterocycles. The number of fused-ring (bicyclic) bond motifs is 1. The number of unbranched alkanes of at least 4 members (excludes halogenated alkanes) is 1. The normalized spacial score (nSPS) is 15.1. The second-order valence-electron chi connectivity index (χ2n) is 22.0. The molecule has 0 radical (unpaired) electrons. The molecular formula is C54H89N13O15. The Morgan fingerprint density at radius 3 is 1.40 bits per heavy atom. The third-order valence-electron chi connectivity index (χ3n) is 13.0. The predicted molar refractivity (Wildman–Crippen MR) is 301 cm³/mol. The van der Waals surface area contributed by atoms with Crippen LogP contribution in [-0.2, 0) is 59.2 Å². The van der Waals surface area contributed by atoms with E-state index in [0.29, 0.717) is 18.4 Å². The third-order valence-corrected chi connectivity index (χ3v) is 13.0. The smallest absolute Gasteiger partial charge is 0.326 e. The lowest BCUT2D eigenvalue weighted by Crippen LogP contribution is -2.62. The molecule has 20 N–H and O–H groups in total. The molecule has 0 fully saturated rings. The van der Waals surface area contributed by atoms with Crippen molar-refractivity contribution in [3.05, 3.63) is 36.0 Å². The minimum atomic E-state index is -1.79. The summed E-state index contributed by atoms with van der Waals surface area (Å²) < 4.78 is 0. The number of aliphatic hydroxyl groups is 3. The highest BCUT2D eigenvalue weighted by molar-refractivity contribution is 5.99. The van der Waals surface area contributed by atoms with Crippen molar-refractivity contribution < 1.29 is 73.2 Å². The number of carbonyl (C=O) groups excluding carboxylic acids is 10. The highest BCUT2D eigenvalue weighted by atomic mass is 16.4. The summed E-state index contributed by atoms with van der Waals surface area (Å²) in [6.07, 6.45) is 1.65. The lowest BCUT2D eigenvalue weighted by atomic mass is 10.0. The number of rotatable bonds is 38. The van der Waals surface area contributed by atoms with Gasteiger partial charge in [0.15, 0.2) is 0 Å². The van der Waals surface area contributed by atoms with Crippen LogP contribution in [0, 0.1) is 23.7 Å². The molecule has 1 aromatic heterocycles. The fourth-order valence-corrected chi connectivity index (χ4v) is 8.60. The van der Waals surface area contributed by atoms with E-state index in [1.807, 2.05) is 32.0 Å². The first-order valence-electron chi connectivity index (χ1n) is 27.6. The zero-order valence-corrected chi connectivity index (χ0v) is 48.2. The fourth-order valence-electron chi connectivity index (χ4n) is 8.60. The van der Waals surface area contributed by atoms with Crippen LogP contribution in [0.25, 0.3) is 10.9 Å². The van der Waals surface area contributed by atoms with Crippen molar-refractivity contribution in [2.75, 3.05) is 26.4 Å². The van der Waals surface area contributed by atoms with Gasteiger partial charge in [-0.2, -0.15) is 0 Å². The number of hydrogen-bond acceptors (Lipinski definition) is 16. The van der Waals surface area contributed by atoms with E-state index in [-0.39, 0.29) is 62.8 Å². The molecule has 28 heteroatoms. The molecule has 460 valence electrons. The molecule has 0 aliphatic rings. The highest BCUT2D eigenvalue weighted by Gasteiger charge is 2.36. The van der Waals surface area contributed by atoms with Crippen LogP contribution in [0.1, 0.15) is 112 Å². The first-order valence-corrected chi connectivity index (χ1v) is 27.6. The van der Waals surface area contributed by atoms with Crippen molar-refractivity contribution in [3.8, 4) is 0 Å². The number of para-hydroxylation sites is 1. The number of amides is 10. The van der Waals surface area contributed by atoms with Gasteiger partial charge in [0.2, 0.25) is 59.1 Å². The highest BCUT2D eigenvalue weighted by Crippen LogP contribution is 2.20. The van der Waals surface area contributed by atoms with E-state index in [9.17, 15) is 73.2 Å². The van der Waals surface area contributed by atoms with Gasteiger partial charge in [-0.15, -0.1) is 0 Å². The van der Waals surface area contributed by atoms with Crippen molar-refractivity contribution in [2.24, 2.45) is 40.9 Å². The van der Waals surface area contributed by atoms with E-state index < -0.39 is 158 Å². The number of aromatic nitrogens is 1. The standard InChI is InChI=1S/C54H89N13O15/c1-27(2)19-33(56)45(72)61-38(22-31-23-58-34-14-10-9-13-32(31)34)49(76)60-36(16-17-43(57)71)46(73)64-41(25-69)51(78)62-37(20-28(3)4)48(75)65-40(24-68)50(77)59-35(15-11-12-18-55)47(74)67-44(30(7)8)53(80)66-42(26-70)52(79)63-39(54(81)82)21-29(5)6/h9-10,13-14,23,27-30,33,35-42,44,58,68-70H,11-12,15-22,24-26,55-56H2,1-8H3,(H2,57,71)(H,59,77)(H,60,76)(H,61,72)(H,62,78)(H,63,79)(H,64,73)(H,65,75)(H,66,80)(H,67,74)(H,81,82)/t33-,35-,36-,37-,38-,39-,40-,41-,42-,44-/m0/s1. The lowest BCUT2D eigenvalue weighted by Gasteiger charge is -2.28. The Kier molecular flexibility index (Phi) is 30.7.